The van der Waals surface area contributed by atoms with Crippen LogP contribution in [0, 0.1) is 3.57 Å². The standard InChI is InChI=1S/C17H18IN5O5/c18-9-3-1-2-8(12(9)25)4-19-15-11-16(21-6-20-15)23(7-22-11)17-14(27)13(26)10(5-24)28-17/h1-3,6-7,10,13-14,17,24-27H,4-5H2,(H,19,20,21)/t10-,13-,14+,17?/m1/s1. The Hall–Kier alpha value is -2.06. The number of rotatable bonds is 5. The molecule has 148 valence electrons. The van der Waals surface area contributed by atoms with Crippen LogP contribution >= 0.6 is 22.6 Å². The lowest BCUT2D eigenvalue weighted by Gasteiger charge is -2.16. The van der Waals surface area contributed by atoms with E-state index in [0.717, 1.165) is 3.57 Å². The molecule has 1 fully saturated rings. The smallest absolute Gasteiger partial charge is 0.167 e. The molecule has 0 saturated carbocycles. The fourth-order valence-electron chi connectivity index (χ4n) is 3.16. The van der Waals surface area contributed by atoms with Crippen molar-refractivity contribution in [1.82, 2.24) is 19.5 Å². The SMILES string of the molecule is OC[C@H]1OC(n2cnc3c(NCc4cccc(I)c4O)ncnc32)[C@@H](O)[C@@H]1O. The molecule has 28 heavy (non-hydrogen) atoms. The summed E-state index contributed by atoms with van der Waals surface area (Å²) in [7, 11) is 0. The summed E-state index contributed by atoms with van der Waals surface area (Å²) >= 11 is 2.06. The molecule has 4 rings (SSSR count). The Balaban J connectivity index is 1.61. The molecule has 1 saturated heterocycles. The Morgan fingerprint density at radius 3 is 2.75 bits per heavy atom. The van der Waals surface area contributed by atoms with Crippen LogP contribution < -0.4 is 5.32 Å². The maximum atomic E-state index is 10.2. The first-order chi connectivity index (χ1) is 13.5. The van der Waals surface area contributed by atoms with Gasteiger partial charge in [0.15, 0.2) is 23.2 Å². The second-order valence-corrected chi connectivity index (χ2v) is 7.54. The van der Waals surface area contributed by atoms with Crippen molar-refractivity contribution in [2.45, 2.75) is 31.1 Å². The Kier molecular flexibility index (Phi) is 5.33. The number of anilines is 1. The van der Waals surface area contributed by atoms with Gasteiger partial charge in [0.1, 0.15) is 30.4 Å². The highest BCUT2D eigenvalue weighted by molar-refractivity contribution is 14.1. The molecule has 2 aromatic heterocycles. The van der Waals surface area contributed by atoms with Gasteiger partial charge >= 0.3 is 0 Å². The number of phenols is 1. The molecular weight excluding hydrogens is 481 g/mol. The number of aliphatic hydroxyl groups is 3. The maximum Gasteiger partial charge on any atom is 0.167 e. The molecule has 0 aliphatic carbocycles. The van der Waals surface area contributed by atoms with Crippen LogP contribution in [-0.4, -0.2) is 64.9 Å². The van der Waals surface area contributed by atoms with Gasteiger partial charge in [-0.1, -0.05) is 12.1 Å². The second-order valence-electron chi connectivity index (χ2n) is 6.38. The van der Waals surface area contributed by atoms with Gasteiger partial charge in [0.25, 0.3) is 0 Å². The number of aromatic nitrogens is 4. The number of para-hydroxylation sites is 1. The van der Waals surface area contributed by atoms with Crippen LogP contribution in [0.1, 0.15) is 11.8 Å². The summed E-state index contributed by atoms with van der Waals surface area (Å²) in [6, 6.07) is 5.47. The third-order valence-electron chi connectivity index (χ3n) is 4.67. The molecular formula is C17H18IN5O5. The third-order valence-corrected chi connectivity index (χ3v) is 5.54. The van der Waals surface area contributed by atoms with E-state index in [1.54, 1.807) is 6.07 Å². The Morgan fingerprint density at radius 1 is 1.18 bits per heavy atom. The minimum absolute atomic E-state index is 0.206. The van der Waals surface area contributed by atoms with Gasteiger partial charge in [0.2, 0.25) is 0 Å². The zero-order valence-corrected chi connectivity index (χ0v) is 16.6. The largest absolute Gasteiger partial charge is 0.506 e. The van der Waals surface area contributed by atoms with Crippen molar-refractivity contribution < 1.29 is 25.2 Å². The van der Waals surface area contributed by atoms with Gasteiger partial charge in [-0.3, -0.25) is 4.57 Å². The molecule has 1 aromatic carbocycles. The van der Waals surface area contributed by atoms with E-state index in [9.17, 15) is 20.4 Å². The molecule has 11 heteroatoms. The zero-order valence-electron chi connectivity index (χ0n) is 14.5. The van der Waals surface area contributed by atoms with Crippen LogP contribution in [0.25, 0.3) is 11.2 Å². The molecule has 0 amide bonds. The molecule has 5 N–H and O–H groups in total. The highest BCUT2D eigenvalue weighted by atomic mass is 127. The fourth-order valence-corrected chi connectivity index (χ4v) is 3.71. The van der Waals surface area contributed by atoms with Crippen molar-refractivity contribution in [2.75, 3.05) is 11.9 Å². The third kappa shape index (κ3) is 3.28. The number of phenolic OH excluding ortho intramolecular Hbond substituents is 1. The van der Waals surface area contributed by atoms with Gasteiger partial charge in [-0.15, -0.1) is 0 Å². The van der Waals surface area contributed by atoms with Crippen LogP contribution in [0.4, 0.5) is 5.82 Å². The molecule has 4 atom stereocenters. The van der Waals surface area contributed by atoms with Crippen LogP contribution in [0.5, 0.6) is 5.75 Å². The quantitative estimate of drug-likeness (QED) is 0.314. The number of hydrogen-bond donors (Lipinski definition) is 5. The van der Waals surface area contributed by atoms with Crippen molar-refractivity contribution in [1.29, 1.82) is 0 Å². The number of ether oxygens (including phenoxy) is 1. The van der Waals surface area contributed by atoms with Crippen LogP contribution in [0.2, 0.25) is 0 Å². The molecule has 3 aromatic rings. The average Bonchev–Trinajstić information content (AvgIpc) is 3.25. The molecule has 0 bridgehead atoms. The molecule has 1 aliphatic heterocycles. The molecule has 1 unspecified atom stereocenters. The summed E-state index contributed by atoms with van der Waals surface area (Å²) in [6.45, 7) is -0.0853. The first kappa shape index (κ1) is 19.3. The van der Waals surface area contributed by atoms with Crippen molar-refractivity contribution in [3.63, 3.8) is 0 Å². The van der Waals surface area contributed by atoms with E-state index in [0.29, 0.717) is 29.1 Å². The van der Waals surface area contributed by atoms with Crippen LogP contribution in [0.3, 0.4) is 0 Å². The topological polar surface area (TPSA) is 146 Å². The molecule has 0 radical (unpaired) electrons. The minimum atomic E-state index is -1.23. The van der Waals surface area contributed by atoms with Crippen molar-refractivity contribution in [3.05, 3.63) is 40.0 Å². The normalized spacial score (nSPS) is 24.7. The number of nitrogens with zero attached hydrogens (tertiary/aromatic N) is 4. The Labute approximate surface area is 173 Å². The summed E-state index contributed by atoms with van der Waals surface area (Å²) < 4.78 is 7.79. The Bertz CT molecular complexity index is 999. The highest BCUT2D eigenvalue weighted by Crippen LogP contribution is 2.32. The van der Waals surface area contributed by atoms with E-state index in [-0.39, 0.29) is 5.75 Å². The number of nitrogens with one attached hydrogen (secondary N) is 1. The first-order valence-electron chi connectivity index (χ1n) is 8.51. The van der Waals surface area contributed by atoms with Crippen molar-refractivity contribution in [2.24, 2.45) is 0 Å². The number of halogens is 1. The second kappa shape index (κ2) is 7.75. The van der Waals surface area contributed by atoms with Gasteiger partial charge in [-0.05, 0) is 28.7 Å². The van der Waals surface area contributed by atoms with Crippen molar-refractivity contribution in [3.8, 4) is 5.75 Å². The monoisotopic (exact) mass is 499 g/mol. The van der Waals surface area contributed by atoms with Gasteiger partial charge in [0.05, 0.1) is 16.5 Å². The summed E-state index contributed by atoms with van der Waals surface area (Å²) in [4.78, 5) is 12.7. The number of hydrogen-bond acceptors (Lipinski definition) is 9. The van der Waals surface area contributed by atoms with E-state index >= 15 is 0 Å². The maximum absolute atomic E-state index is 10.2. The van der Waals surface area contributed by atoms with E-state index in [4.69, 9.17) is 4.74 Å². The minimum Gasteiger partial charge on any atom is -0.506 e. The lowest BCUT2D eigenvalue weighted by Crippen LogP contribution is -2.33. The highest BCUT2D eigenvalue weighted by Gasteiger charge is 2.44. The average molecular weight is 499 g/mol. The van der Waals surface area contributed by atoms with Crippen LogP contribution in [0.15, 0.2) is 30.9 Å². The van der Waals surface area contributed by atoms with Gasteiger partial charge < -0.3 is 30.5 Å². The van der Waals surface area contributed by atoms with Gasteiger partial charge in [-0.25, -0.2) is 15.0 Å². The van der Waals surface area contributed by atoms with E-state index in [1.807, 2.05) is 12.1 Å². The number of aliphatic hydroxyl groups excluding tert-OH is 3. The molecule has 3 heterocycles. The summed E-state index contributed by atoms with van der Waals surface area (Å²) in [6.07, 6.45) is -1.48. The van der Waals surface area contributed by atoms with Crippen LogP contribution in [-0.2, 0) is 11.3 Å². The van der Waals surface area contributed by atoms with E-state index < -0.39 is 31.1 Å². The summed E-state index contributed by atoms with van der Waals surface area (Å²) in [5, 5.41) is 42.8. The lowest BCUT2D eigenvalue weighted by atomic mass is 10.1. The van der Waals surface area contributed by atoms with Gasteiger partial charge in [-0.2, -0.15) is 0 Å². The number of benzene rings is 1. The predicted molar refractivity (Wildman–Crippen MR) is 106 cm³/mol. The molecule has 0 spiro atoms. The number of fused-ring (bicyclic) bond motifs is 1. The predicted octanol–water partition coefficient (Wildman–Crippen LogP) is 0.360. The number of imidazole rings is 1. The molecule has 10 nitrogen and oxygen atoms in total. The molecule has 1 aliphatic rings. The number of aromatic hydroxyl groups is 1. The summed E-state index contributed by atoms with van der Waals surface area (Å²) in [5.74, 6) is 0.659. The van der Waals surface area contributed by atoms with Gasteiger partial charge in [0, 0.05) is 12.1 Å². The zero-order chi connectivity index (χ0) is 19.8. The van der Waals surface area contributed by atoms with E-state index in [2.05, 4.69) is 42.9 Å². The summed E-state index contributed by atoms with van der Waals surface area (Å²) in [5.41, 5.74) is 1.56. The van der Waals surface area contributed by atoms with Crippen molar-refractivity contribution >= 4 is 39.6 Å². The Morgan fingerprint density at radius 2 is 2.00 bits per heavy atom. The first-order valence-corrected chi connectivity index (χ1v) is 9.59. The lowest BCUT2D eigenvalue weighted by molar-refractivity contribution is -0.0511. The fraction of sp³-hybridized carbons (Fsp3) is 0.353. The van der Waals surface area contributed by atoms with E-state index in [1.165, 1.54) is 17.2 Å².